The molecule has 0 bridgehead atoms. The number of halogens is 1. The number of hydrogen-bond acceptors (Lipinski definition) is 3. The van der Waals surface area contributed by atoms with Gasteiger partial charge in [-0.15, -0.1) is 0 Å². The second kappa shape index (κ2) is 5.47. The molecular formula is C9H15FO2S. The predicted molar refractivity (Wildman–Crippen MR) is 51.6 cm³/mol. The molecule has 1 heterocycles. The van der Waals surface area contributed by atoms with Gasteiger partial charge in [0, 0.05) is 12.2 Å². The third-order valence-corrected chi connectivity index (χ3v) is 3.45. The van der Waals surface area contributed by atoms with Crippen molar-refractivity contribution >= 4 is 17.7 Å². The highest BCUT2D eigenvalue weighted by molar-refractivity contribution is 7.99. The number of hydrogen-bond donors (Lipinski definition) is 0. The van der Waals surface area contributed by atoms with Crippen molar-refractivity contribution in [2.75, 3.05) is 18.6 Å². The van der Waals surface area contributed by atoms with Crippen LogP contribution in [0, 0.1) is 5.92 Å². The highest BCUT2D eigenvalue weighted by atomic mass is 32.2. The molecule has 0 aliphatic carbocycles. The SMILES string of the molecule is COC(=O)CC[C@@H]1CCSC[C@H]1F. The van der Waals surface area contributed by atoms with Gasteiger partial charge in [-0.05, 0) is 24.5 Å². The molecule has 0 amide bonds. The number of thioether (sulfide) groups is 1. The molecule has 0 saturated carbocycles. The van der Waals surface area contributed by atoms with E-state index >= 15 is 0 Å². The van der Waals surface area contributed by atoms with Crippen LogP contribution in [0.25, 0.3) is 0 Å². The van der Waals surface area contributed by atoms with Gasteiger partial charge in [0.1, 0.15) is 6.17 Å². The van der Waals surface area contributed by atoms with Crippen LogP contribution < -0.4 is 0 Å². The van der Waals surface area contributed by atoms with Gasteiger partial charge < -0.3 is 4.74 Å². The summed E-state index contributed by atoms with van der Waals surface area (Å²) in [5.41, 5.74) is 0. The summed E-state index contributed by atoms with van der Waals surface area (Å²) >= 11 is 1.66. The third kappa shape index (κ3) is 3.55. The summed E-state index contributed by atoms with van der Waals surface area (Å²) in [4.78, 5) is 10.8. The van der Waals surface area contributed by atoms with Crippen LogP contribution in [-0.4, -0.2) is 30.8 Å². The van der Waals surface area contributed by atoms with Crippen molar-refractivity contribution in [2.24, 2.45) is 5.92 Å². The van der Waals surface area contributed by atoms with Gasteiger partial charge in [-0.3, -0.25) is 4.79 Å². The third-order valence-electron chi connectivity index (χ3n) is 2.37. The second-order valence-electron chi connectivity index (χ2n) is 3.25. The van der Waals surface area contributed by atoms with Gasteiger partial charge in [0.2, 0.25) is 0 Å². The first kappa shape index (κ1) is 10.8. The first-order valence-electron chi connectivity index (χ1n) is 4.52. The Balaban J connectivity index is 2.22. The molecule has 0 radical (unpaired) electrons. The van der Waals surface area contributed by atoms with Gasteiger partial charge in [0.05, 0.1) is 7.11 Å². The van der Waals surface area contributed by atoms with Crippen molar-refractivity contribution in [3.05, 3.63) is 0 Å². The second-order valence-corrected chi connectivity index (χ2v) is 4.40. The van der Waals surface area contributed by atoms with Crippen LogP contribution in [0.15, 0.2) is 0 Å². The number of carbonyl (C=O) groups is 1. The summed E-state index contributed by atoms with van der Waals surface area (Å²) in [6, 6.07) is 0. The first-order valence-corrected chi connectivity index (χ1v) is 5.68. The zero-order chi connectivity index (χ0) is 9.68. The Hall–Kier alpha value is -0.250. The van der Waals surface area contributed by atoms with Gasteiger partial charge in [0.15, 0.2) is 0 Å². The molecule has 2 atom stereocenters. The van der Waals surface area contributed by atoms with E-state index in [9.17, 15) is 9.18 Å². The van der Waals surface area contributed by atoms with Crippen molar-refractivity contribution in [2.45, 2.75) is 25.4 Å². The van der Waals surface area contributed by atoms with Crippen molar-refractivity contribution in [1.29, 1.82) is 0 Å². The summed E-state index contributed by atoms with van der Waals surface area (Å²) in [6.07, 6.45) is 1.15. The largest absolute Gasteiger partial charge is 0.469 e. The summed E-state index contributed by atoms with van der Waals surface area (Å²) < 4.78 is 17.7. The van der Waals surface area contributed by atoms with Crippen molar-refractivity contribution in [3.8, 4) is 0 Å². The highest BCUT2D eigenvalue weighted by Crippen LogP contribution is 2.29. The number of carbonyl (C=O) groups excluding carboxylic acids is 1. The van der Waals surface area contributed by atoms with Crippen molar-refractivity contribution in [3.63, 3.8) is 0 Å². The fraction of sp³-hybridized carbons (Fsp3) is 0.889. The molecule has 1 fully saturated rings. The molecule has 76 valence electrons. The van der Waals surface area contributed by atoms with E-state index in [0.29, 0.717) is 18.6 Å². The smallest absolute Gasteiger partial charge is 0.305 e. The molecule has 0 aromatic heterocycles. The van der Waals surface area contributed by atoms with Gasteiger partial charge in [0.25, 0.3) is 0 Å². The average molecular weight is 206 g/mol. The summed E-state index contributed by atoms with van der Waals surface area (Å²) in [5.74, 6) is 1.45. The van der Waals surface area contributed by atoms with E-state index in [-0.39, 0.29) is 11.9 Å². The maximum absolute atomic E-state index is 13.2. The minimum atomic E-state index is -0.733. The lowest BCUT2D eigenvalue weighted by molar-refractivity contribution is -0.141. The zero-order valence-corrected chi connectivity index (χ0v) is 8.61. The minimum Gasteiger partial charge on any atom is -0.469 e. The van der Waals surface area contributed by atoms with Crippen LogP contribution in [-0.2, 0) is 9.53 Å². The van der Waals surface area contributed by atoms with E-state index in [1.54, 1.807) is 11.8 Å². The molecule has 0 aromatic rings. The Morgan fingerprint density at radius 1 is 1.69 bits per heavy atom. The minimum absolute atomic E-state index is 0.0698. The van der Waals surface area contributed by atoms with Gasteiger partial charge in [-0.1, -0.05) is 0 Å². The molecule has 2 nitrogen and oxygen atoms in total. The fourth-order valence-corrected chi connectivity index (χ4v) is 2.61. The molecule has 0 N–H and O–H groups in total. The maximum atomic E-state index is 13.2. The monoisotopic (exact) mass is 206 g/mol. The van der Waals surface area contributed by atoms with Gasteiger partial charge >= 0.3 is 5.97 Å². The summed E-state index contributed by atoms with van der Waals surface area (Å²) in [6.45, 7) is 0. The zero-order valence-electron chi connectivity index (χ0n) is 7.79. The maximum Gasteiger partial charge on any atom is 0.305 e. The lowest BCUT2D eigenvalue weighted by Crippen LogP contribution is -2.24. The quantitative estimate of drug-likeness (QED) is 0.661. The number of ether oxygens (including phenoxy) is 1. The molecule has 1 aliphatic rings. The average Bonchev–Trinajstić information content (AvgIpc) is 2.16. The van der Waals surface area contributed by atoms with E-state index in [0.717, 1.165) is 12.2 Å². The molecular weight excluding hydrogens is 191 g/mol. The standard InChI is InChI=1S/C9H15FO2S/c1-12-9(11)3-2-7-4-5-13-6-8(7)10/h7-8H,2-6H2,1H3/t7-,8-/m1/s1. The lowest BCUT2D eigenvalue weighted by atomic mass is 9.95. The molecule has 0 unspecified atom stereocenters. The Kier molecular flexibility index (Phi) is 4.56. The van der Waals surface area contributed by atoms with Crippen LogP contribution in [0.1, 0.15) is 19.3 Å². The van der Waals surface area contributed by atoms with Crippen molar-refractivity contribution < 1.29 is 13.9 Å². The predicted octanol–water partition coefficient (Wildman–Crippen LogP) is 2.03. The normalized spacial score (nSPS) is 28.5. The van der Waals surface area contributed by atoms with E-state index in [2.05, 4.69) is 4.74 Å². The molecule has 1 saturated heterocycles. The Morgan fingerprint density at radius 2 is 2.46 bits per heavy atom. The van der Waals surface area contributed by atoms with Crippen LogP contribution in [0.4, 0.5) is 4.39 Å². The van der Waals surface area contributed by atoms with E-state index in [1.165, 1.54) is 7.11 Å². The summed E-state index contributed by atoms with van der Waals surface area (Å²) in [5, 5.41) is 0. The number of esters is 1. The summed E-state index contributed by atoms with van der Waals surface area (Å²) in [7, 11) is 1.37. The molecule has 0 aromatic carbocycles. The molecule has 1 rings (SSSR count). The Morgan fingerprint density at radius 3 is 3.08 bits per heavy atom. The molecule has 0 spiro atoms. The molecule has 13 heavy (non-hydrogen) atoms. The Bertz CT molecular complexity index is 175. The Labute approximate surface area is 82.2 Å². The van der Waals surface area contributed by atoms with Crippen LogP contribution in [0.2, 0.25) is 0 Å². The molecule has 1 aliphatic heterocycles. The van der Waals surface area contributed by atoms with Crippen molar-refractivity contribution in [1.82, 2.24) is 0 Å². The van der Waals surface area contributed by atoms with E-state index in [4.69, 9.17) is 0 Å². The fourth-order valence-electron chi connectivity index (χ4n) is 1.48. The lowest BCUT2D eigenvalue weighted by Gasteiger charge is -2.24. The van der Waals surface area contributed by atoms with Crippen LogP contribution in [0.5, 0.6) is 0 Å². The van der Waals surface area contributed by atoms with E-state index in [1.807, 2.05) is 0 Å². The highest BCUT2D eigenvalue weighted by Gasteiger charge is 2.25. The van der Waals surface area contributed by atoms with Crippen LogP contribution in [0.3, 0.4) is 0 Å². The van der Waals surface area contributed by atoms with Gasteiger partial charge in [-0.25, -0.2) is 4.39 Å². The first-order chi connectivity index (χ1) is 6.24. The topological polar surface area (TPSA) is 26.3 Å². The molecule has 4 heteroatoms. The van der Waals surface area contributed by atoms with Gasteiger partial charge in [-0.2, -0.15) is 11.8 Å². The number of methoxy groups -OCH3 is 1. The van der Waals surface area contributed by atoms with E-state index < -0.39 is 6.17 Å². The number of rotatable bonds is 3. The number of alkyl halides is 1. The van der Waals surface area contributed by atoms with Crippen LogP contribution >= 0.6 is 11.8 Å².